The summed E-state index contributed by atoms with van der Waals surface area (Å²) >= 11 is 1.41. The number of benzene rings is 1. The number of thioether (sulfide) groups is 1. The minimum absolute atomic E-state index is 0.106. The lowest BCUT2D eigenvalue weighted by molar-refractivity contribution is -0.127. The first-order valence-electron chi connectivity index (χ1n) is 9.06. The van der Waals surface area contributed by atoms with Gasteiger partial charge in [-0.1, -0.05) is 36.0 Å². The Morgan fingerprint density at radius 3 is 2.59 bits per heavy atom. The number of carbonyl (C=O) groups is 1. The minimum Gasteiger partial charge on any atom is -0.467 e. The molecule has 142 valence electrons. The van der Waals surface area contributed by atoms with E-state index >= 15 is 0 Å². The molecule has 1 aromatic carbocycles. The van der Waals surface area contributed by atoms with E-state index in [1.165, 1.54) is 11.8 Å². The van der Waals surface area contributed by atoms with Gasteiger partial charge < -0.3 is 9.32 Å². The molecule has 0 aliphatic rings. The molecule has 0 spiro atoms. The lowest BCUT2D eigenvalue weighted by Gasteiger charge is -2.18. The third-order valence-corrected chi connectivity index (χ3v) is 5.39. The molecule has 0 unspecified atom stereocenters. The summed E-state index contributed by atoms with van der Waals surface area (Å²) in [7, 11) is 0. The summed E-state index contributed by atoms with van der Waals surface area (Å²) in [4.78, 5) is 14.2. The average molecular weight is 385 g/mol. The number of hydrogen-bond acceptors (Lipinski definition) is 5. The van der Waals surface area contributed by atoms with E-state index in [9.17, 15) is 4.79 Å². The van der Waals surface area contributed by atoms with Gasteiger partial charge in [-0.05, 0) is 38.5 Å². The summed E-state index contributed by atoms with van der Waals surface area (Å²) in [6.45, 7) is 7.97. The zero-order valence-corrected chi connectivity index (χ0v) is 16.7. The molecular weight excluding hydrogens is 360 g/mol. The lowest BCUT2D eigenvalue weighted by Crippen LogP contribution is -2.31. The number of rotatable bonds is 8. The Kier molecular flexibility index (Phi) is 6.34. The van der Waals surface area contributed by atoms with Crippen molar-refractivity contribution >= 4 is 17.7 Å². The Labute approximate surface area is 163 Å². The molecule has 3 rings (SSSR count). The fourth-order valence-corrected chi connectivity index (χ4v) is 3.75. The van der Waals surface area contributed by atoms with Gasteiger partial charge >= 0.3 is 0 Å². The SMILES string of the molecule is CCN(CC)C(=O)CSc1nnc(-c2ccccc2C)n1Cc1ccco1. The van der Waals surface area contributed by atoms with E-state index in [0.29, 0.717) is 30.5 Å². The van der Waals surface area contributed by atoms with Crippen LogP contribution in [0.15, 0.2) is 52.2 Å². The number of carbonyl (C=O) groups excluding carboxylic acids is 1. The van der Waals surface area contributed by atoms with E-state index < -0.39 is 0 Å². The van der Waals surface area contributed by atoms with Gasteiger partial charge in [0.25, 0.3) is 0 Å². The zero-order chi connectivity index (χ0) is 19.2. The van der Waals surface area contributed by atoms with Gasteiger partial charge in [0.1, 0.15) is 5.76 Å². The minimum atomic E-state index is 0.106. The second-order valence-electron chi connectivity index (χ2n) is 6.14. The van der Waals surface area contributed by atoms with Gasteiger partial charge in [0, 0.05) is 18.7 Å². The highest BCUT2D eigenvalue weighted by atomic mass is 32.2. The summed E-state index contributed by atoms with van der Waals surface area (Å²) < 4.78 is 7.54. The van der Waals surface area contributed by atoms with Crippen LogP contribution in [0.4, 0.5) is 0 Å². The van der Waals surface area contributed by atoms with Crippen molar-refractivity contribution in [2.45, 2.75) is 32.5 Å². The van der Waals surface area contributed by atoms with E-state index in [-0.39, 0.29) is 5.91 Å². The predicted molar refractivity (Wildman–Crippen MR) is 107 cm³/mol. The number of aromatic nitrogens is 3. The van der Waals surface area contributed by atoms with Crippen LogP contribution in [0, 0.1) is 6.92 Å². The molecule has 2 heterocycles. The Balaban J connectivity index is 1.89. The number of furan rings is 1. The first-order valence-corrected chi connectivity index (χ1v) is 10.0. The third-order valence-electron chi connectivity index (χ3n) is 4.44. The smallest absolute Gasteiger partial charge is 0.233 e. The van der Waals surface area contributed by atoms with Crippen LogP contribution in [-0.2, 0) is 11.3 Å². The highest BCUT2D eigenvalue weighted by Gasteiger charge is 2.19. The van der Waals surface area contributed by atoms with Gasteiger partial charge in [-0.2, -0.15) is 0 Å². The fraction of sp³-hybridized carbons (Fsp3) is 0.350. The van der Waals surface area contributed by atoms with Crippen molar-refractivity contribution in [2.75, 3.05) is 18.8 Å². The molecule has 27 heavy (non-hydrogen) atoms. The number of amides is 1. The van der Waals surface area contributed by atoms with Crippen LogP contribution in [0.3, 0.4) is 0 Å². The van der Waals surface area contributed by atoms with Crippen LogP contribution in [0.2, 0.25) is 0 Å². The largest absolute Gasteiger partial charge is 0.467 e. The highest BCUT2D eigenvalue weighted by molar-refractivity contribution is 7.99. The van der Waals surface area contributed by atoms with Crippen LogP contribution < -0.4 is 0 Å². The van der Waals surface area contributed by atoms with Crippen molar-refractivity contribution in [1.29, 1.82) is 0 Å². The first kappa shape index (κ1) is 19.2. The van der Waals surface area contributed by atoms with E-state index in [1.807, 2.05) is 53.6 Å². The van der Waals surface area contributed by atoms with Crippen molar-refractivity contribution in [2.24, 2.45) is 0 Å². The summed E-state index contributed by atoms with van der Waals surface area (Å²) in [5.74, 6) is 2.05. The second-order valence-corrected chi connectivity index (χ2v) is 7.08. The molecule has 2 aromatic heterocycles. The van der Waals surface area contributed by atoms with Crippen molar-refractivity contribution < 1.29 is 9.21 Å². The quantitative estimate of drug-likeness (QED) is 0.552. The van der Waals surface area contributed by atoms with E-state index in [0.717, 1.165) is 22.7 Å². The van der Waals surface area contributed by atoms with E-state index in [2.05, 4.69) is 23.2 Å². The van der Waals surface area contributed by atoms with Crippen LogP contribution in [0.1, 0.15) is 25.2 Å². The molecular formula is C20H24N4O2S. The molecule has 7 heteroatoms. The standard InChI is InChI=1S/C20H24N4O2S/c1-4-23(5-2)18(25)14-27-20-22-21-19(17-11-7-6-9-15(17)3)24(20)13-16-10-8-12-26-16/h6-12H,4-5,13-14H2,1-3H3. The third kappa shape index (κ3) is 4.42. The van der Waals surface area contributed by atoms with Crippen molar-refractivity contribution in [1.82, 2.24) is 19.7 Å². The van der Waals surface area contributed by atoms with E-state index in [4.69, 9.17) is 4.42 Å². The molecule has 0 aliphatic carbocycles. The Hall–Kier alpha value is -2.54. The molecule has 0 radical (unpaired) electrons. The van der Waals surface area contributed by atoms with Gasteiger partial charge in [-0.25, -0.2) is 0 Å². The van der Waals surface area contributed by atoms with Gasteiger partial charge in [-0.3, -0.25) is 9.36 Å². The van der Waals surface area contributed by atoms with Crippen LogP contribution in [-0.4, -0.2) is 44.4 Å². The van der Waals surface area contributed by atoms with Crippen molar-refractivity contribution in [3.8, 4) is 11.4 Å². The molecule has 0 fully saturated rings. The van der Waals surface area contributed by atoms with Gasteiger partial charge in [0.15, 0.2) is 11.0 Å². The maximum Gasteiger partial charge on any atom is 0.233 e. The summed E-state index contributed by atoms with van der Waals surface area (Å²) in [6.07, 6.45) is 1.66. The molecule has 1 amide bonds. The maximum atomic E-state index is 12.4. The summed E-state index contributed by atoms with van der Waals surface area (Å²) in [5.41, 5.74) is 2.15. The number of nitrogens with zero attached hydrogens (tertiary/aromatic N) is 4. The van der Waals surface area contributed by atoms with Crippen LogP contribution >= 0.6 is 11.8 Å². The summed E-state index contributed by atoms with van der Waals surface area (Å²) in [5, 5.41) is 9.49. The molecule has 0 atom stereocenters. The van der Waals surface area contributed by atoms with Crippen LogP contribution in [0.5, 0.6) is 0 Å². The molecule has 0 saturated heterocycles. The van der Waals surface area contributed by atoms with Crippen molar-refractivity contribution in [3.63, 3.8) is 0 Å². The van der Waals surface area contributed by atoms with Crippen molar-refractivity contribution in [3.05, 3.63) is 54.0 Å². The highest BCUT2D eigenvalue weighted by Crippen LogP contribution is 2.27. The molecule has 0 bridgehead atoms. The molecule has 0 N–H and O–H groups in total. The average Bonchev–Trinajstić information content (AvgIpc) is 3.32. The fourth-order valence-electron chi connectivity index (χ4n) is 2.91. The molecule has 3 aromatic rings. The maximum absolute atomic E-state index is 12.4. The Morgan fingerprint density at radius 2 is 1.93 bits per heavy atom. The predicted octanol–water partition coefficient (Wildman–Crippen LogP) is 3.86. The second kappa shape index (κ2) is 8.90. The Bertz CT molecular complexity index is 885. The topological polar surface area (TPSA) is 64.2 Å². The zero-order valence-electron chi connectivity index (χ0n) is 15.9. The Morgan fingerprint density at radius 1 is 1.15 bits per heavy atom. The summed E-state index contributed by atoms with van der Waals surface area (Å²) in [6, 6.07) is 11.9. The van der Waals surface area contributed by atoms with Crippen LogP contribution in [0.25, 0.3) is 11.4 Å². The normalized spacial score (nSPS) is 10.9. The molecule has 6 nitrogen and oxygen atoms in total. The van der Waals surface area contributed by atoms with Gasteiger partial charge in [0.05, 0.1) is 18.6 Å². The number of hydrogen-bond donors (Lipinski definition) is 0. The molecule has 0 saturated carbocycles. The lowest BCUT2D eigenvalue weighted by atomic mass is 10.1. The van der Waals surface area contributed by atoms with E-state index in [1.54, 1.807) is 6.26 Å². The number of aryl methyl sites for hydroxylation is 1. The van der Waals surface area contributed by atoms with Gasteiger partial charge in [-0.15, -0.1) is 10.2 Å². The van der Waals surface area contributed by atoms with Gasteiger partial charge in [0.2, 0.25) is 5.91 Å². The molecule has 0 aliphatic heterocycles. The monoisotopic (exact) mass is 384 g/mol. The first-order chi connectivity index (χ1) is 13.1.